The standard InChI is InChI=1S/C20H26N4O5S/c1-13-10-14(2)12-24(11-13)30(26,27)16-7-5-15(6-8-16)18(25)21-20-23-22-19(29-20)17-4-3-9-28-17/h5-8,13-14,17H,3-4,9-12H2,1-2H3,(H,21,23,25). The summed E-state index contributed by atoms with van der Waals surface area (Å²) >= 11 is 0. The van der Waals surface area contributed by atoms with Gasteiger partial charge in [0.2, 0.25) is 15.9 Å². The van der Waals surface area contributed by atoms with Crippen molar-refractivity contribution in [1.29, 1.82) is 0 Å². The smallest absolute Gasteiger partial charge is 0.322 e. The van der Waals surface area contributed by atoms with E-state index in [1.54, 1.807) is 0 Å². The van der Waals surface area contributed by atoms with Crippen LogP contribution in [-0.4, -0.2) is 48.5 Å². The van der Waals surface area contributed by atoms with Crippen molar-refractivity contribution in [3.05, 3.63) is 35.7 Å². The van der Waals surface area contributed by atoms with Crippen LogP contribution in [0.1, 0.15) is 55.5 Å². The number of piperidine rings is 1. The van der Waals surface area contributed by atoms with Gasteiger partial charge in [0.05, 0.1) is 4.90 Å². The minimum atomic E-state index is -3.59. The molecule has 2 aliphatic heterocycles. The number of carbonyl (C=O) groups excluding carboxylic acids is 1. The zero-order valence-electron chi connectivity index (χ0n) is 17.1. The molecule has 1 aromatic heterocycles. The van der Waals surface area contributed by atoms with Crippen molar-refractivity contribution in [3.8, 4) is 0 Å². The van der Waals surface area contributed by atoms with Crippen LogP contribution in [-0.2, 0) is 14.8 Å². The number of carbonyl (C=O) groups is 1. The lowest BCUT2D eigenvalue weighted by atomic mass is 9.94. The van der Waals surface area contributed by atoms with Crippen molar-refractivity contribution in [1.82, 2.24) is 14.5 Å². The summed E-state index contributed by atoms with van der Waals surface area (Å²) in [7, 11) is -3.59. The van der Waals surface area contributed by atoms with Crippen molar-refractivity contribution in [2.45, 2.75) is 44.1 Å². The Kier molecular flexibility index (Phi) is 5.90. The normalized spacial score (nSPS) is 25.3. The molecule has 30 heavy (non-hydrogen) atoms. The van der Waals surface area contributed by atoms with Crippen LogP contribution in [0.15, 0.2) is 33.6 Å². The maximum absolute atomic E-state index is 13.0. The Morgan fingerprint density at radius 1 is 1.13 bits per heavy atom. The molecule has 0 saturated carbocycles. The van der Waals surface area contributed by atoms with Gasteiger partial charge in [-0.15, -0.1) is 5.10 Å². The molecule has 1 amide bonds. The first-order valence-electron chi connectivity index (χ1n) is 10.2. The molecule has 10 heteroatoms. The van der Waals surface area contributed by atoms with Crippen LogP contribution in [0.25, 0.3) is 0 Å². The Balaban J connectivity index is 1.43. The Bertz CT molecular complexity index is 988. The highest BCUT2D eigenvalue weighted by Gasteiger charge is 2.31. The van der Waals surface area contributed by atoms with Gasteiger partial charge in [-0.25, -0.2) is 8.42 Å². The number of ether oxygens (including phenoxy) is 1. The molecule has 0 bridgehead atoms. The number of sulfonamides is 1. The number of rotatable bonds is 5. The number of anilines is 1. The summed E-state index contributed by atoms with van der Waals surface area (Å²) in [6, 6.07) is 5.87. The number of nitrogens with one attached hydrogen (secondary N) is 1. The third-order valence-electron chi connectivity index (χ3n) is 5.46. The van der Waals surface area contributed by atoms with Crippen molar-refractivity contribution in [2.24, 2.45) is 11.8 Å². The van der Waals surface area contributed by atoms with Gasteiger partial charge in [0.15, 0.2) is 0 Å². The molecule has 1 N–H and O–H groups in total. The highest BCUT2D eigenvalue weighted by molar-refractivity contribution is 7.89. The van der Waals surface area contributed by atoms with Crippen molar-refractivity contribution in [3.63, 3.8) is 0 Å². The third-order valence-corrected chi connectivity index (χ3v) is 7.30. The molecule has 2 aromatic rings. The fourth-order valence-corrected chi connectivity index (χ4v) is 5.77. The molecule has 3 heterocycles. The first-order valence-corrected chi connectivity index (χ1v) is 11.6. The van der Waals surface area contributed by atoms with Gasteiger partial charge in [0.1, 0.15) is 6.10 Å². The maximum Gasteiger partial charge on any atom is 0.322 e. The molecule has 2 saturated heterocycles. The quantitative estimate of drug-likeness (QED) is 0.769. The van der Waals surface area contributed by atoms with Crippen LogP contribution in [0.2, 0.25) is 0 Å². The second-order valence-electron chi connectivity index (χ2n) is 8.19. The second-order valence-corrected chi connectivity index (χ2v) is 10.1. The monoisotopic (exact) mass is 434 g/mol. The summed E-state index contributed by atoms with van der Waals surface area (Å²) in [5.41, 5.74) is 0.297. The van der Waals surface area contributed by atoms with Gasteiger partial charge in [0, 0.05) is 25.3 Å². The molecule has 0 spiro atoms. The Hall–Kier alpha value is -2.30. The summed E-state index contributed by atoms with van der Waals surface area (Å²) in [4.78, 5) is 12.6. The highest BCUT2D eigenvalue weighted by atomic mass is 32.2. The fraction of sp³-hybridized carbons (Fsp3) is 0.550. The van der Waals surface area contributed by atoms with E-state index in [1.165, 1.54) is 28.6 Å². The summed E-state index contributed by atoms with van der Waals surface area (Å²) in [6.07, 6.45) is 2.53. The molecule has 3 unspecified atom stereocenters. The molecule has 2 fully saturated rings. The summed E-state index contributed by atoms with van der Waals surface area (Å²) in [6.45, 7) is 5.80. The number of aromatic nitrogens is 2. The predicted molar refractivity (Wildman–Crippen MR) is 108 cm³/mol. The Morgan fingerprint density at radius 3 is 2.47 bits per heavy atom. The van der Waals surface area contributed by atoms with Crippen molar-refractivity contribution < 1.29 is 22.4 Å². The largest absolute Gasteiger partial charge is 0.405 e. The summed E-state index contributed by atoms with van der Waals surface area (Å²) < 4.78 is 38.4. The Labute approximate surface area is 175 Å². The van der Waals surface area contributed by atoms with E-state index in [1.807, 2.05) is 0 Å². The maximum atomic E-state index is 13.0. The summed E-state index contributed by atoms with van der Waals surface area (Å²) in [5, 5.41) is 10.3. The van der Waals surface area contributed by atoms with Gasteiger partial charge >= 0.3 is 6.01 Å². The average Bonchev–Trinajstić information content (AvgIpc) is 3.39. The molecule has 2 aliphatic rings. The lowest BCUT2D eigenvalue weighted by molar-refractivity contribution is 0.0893. The second kappa shape index (κ2) is 8.44. The van der Waals surface area contributed by atoms with E-state index in [4.69, 9.17) is 9.15 Å². The molecule has 9 nitrogen and oxygen atoms in total. The Morgan fingerprint density at radius 2 is 1.83 bits per heavy atom. The van der Waals surface area contributed by atoms with E-state index in [9.17, 15) is 13.2 Å². The van der Waals surface area contributed by atoms with Crippen LogP contribution in [0.5, 0.6) is 0 Å². The number of hydrogen-bond donors (Lipinski definition) is 1. The molecule has 0 aliphatic carbocycles. The van der Waals surface area contributed by atoms with Crippen LogP contribution in [0.4, 0.5) is 6.01 Å². The highest BCUT2D eigenvalue weighted by Crippen LogP contribution is 2.29. The zero-order valence-corrected chi connectivity index (χ0v) is 17.9. The topological polar surface area (TPSA) is 115 Å². The molecular formula is C20H26N4O5S. The van der Waals surface area contributed by atoms with Gasteiger partial charge in [-0.2, -0.15) is 4.31 Å². The van der Waals surface area contributed by atoms with E-state index < -0.39 is 15.9 Å². The molecule has 1 aromatic carbocycles. The SMILES string of the molecule is CC1CC(C)CN(S(=O)(=O)c2ccc(C(=O)Nc3nnc(C4CCCO4)o3)cc2)C1. The van der Waals surface area contributed by atoms with Crippen molar-refractivity contribution in [2.75, 3.05) is 25.0 Å². The third kappa shape index (κ3) is 4.40. The van der Waals surface area contributed by atoms with Gasteiger partial charge < -0.3 is 9.15 Å². The van der Waals surface area contributed by atoms with Gasteiger partial charge in [-0.05, 0) is 55.4 Å². The number of hydrogen-bond acceptors (Lipinski definition) is 7. The van der Waals surface area contributed by atoms with Crippen LogP contribution in [0, 0.1) is 11.8 Å². The average molecular weight is 435 g/mol. The van der Waals surface area contributed by atoms with E-state index in [0.29, 0.717) is 43.0 Å². The summed E-state index contributed by atoms with van der Waals surface area (Å²) in [5.74, 6) is 0.529. The van der Waals surface area contributed by atoms with Crippen LogP contribution < -0.4 is 5.32 Å². The molecule has 162 valence electrons. The first-order chi connectivity index (χ1) is 14.3. The van der Waals surface area contributed by atoms with Gasteiger partial charge in [-0.3, -0.25) is 10.1 Å². The number of benzene rings is 1. The van der Waals surface area contributed by atoms with Gasteiger partial charge in [0.25, 0.3) is 5.91 Å². The minimum absolute atomic E-state index is 0.0153. The van der Waals surface area contributed by atoms with E-state index in [0.717, 1.165) is 19.3 Å². The van der Waals surface area contributed by atoms with Gasteiger partial charge in [-0.1, -0.05) is 18.9 Å². The van der Waals surface area contributed by atoms with Crippen LogP contribution >= 0.6 is 0 Å². The number of nitrogens with zero attached hydrogens (tertiary/aromatic N) is 3. The first kappa shape index (κ1) is 21.0. The predicted octanol–water partition coefficient (Wildman–Crippen LogP) is 2.84. The fourth-order valence-electron chi connectivity index (χ4n) is 4.09. The van der Waals surface area contributed by atoms with E-state index in [-0.39, 0.29) is 17.0 Å². The van der Waals surface area contributed by atoms with Crippen molar-refractivity contribution >= 4 is 21.9 Å². The molecule has 0 radical (unpaired) electrons. The lowest BCUT2D eigenvalue weighted by Crippen LogP contribution is -2.42. The molecule has 3 atom stereocenters. The molecule has 4 rings (SSSR count). The van der Waals surface area contributed by atoms with Crippen LogP contribution in [0.3, 0.4) is 0 Å². The number of amides is 1. The lowest BCUT2D eigenvalue weighted by Gasteiger charge is -2.34. The van der Waals surface area contributed by atoms with E-state index in [2.05, 4.69) is 29.4 Å². The molecular weight excluding hydrogens is 408 g/mol. The zero-order chi connectivity index (χ0) is 21.3. The van der Waals surface area contributed by atoms with E-state index >= 15 is 0 Å². The minimum Gasteiger partial charge on any atom is -0.405 e.